The first-order valence-electron chi connectivity index (χ1n) is 5.40. The standard InChI is InChI=1S/C11H15N5O/c1-7-5-16(4-3-13-8(2)17)11-9(7)10(12)14-6-15-11/h5-6H,3-4H2,1-2H3,(H,13,17)(H2,12,14,15). The summed E-state index contributed by atoms with van der Waals surface area (Å²) in [5.41, 5.74) is 7.66. The second-order valence-corrected chi connectivity index (χ2v) is 3.95. The van der Waals surface area contributed by atoms with Crippen LogP contribution in [-0.2, 0) is 11.3 Å². The molecule has 0 atom stereocenters. The first kappa shape index (κ1) is 11.4. The van der Waals surface area contributed by atoms with E-state index in [9.17, 15) is 4.79 Å². The Kier molecular flexibility index (Phi) is 2.95. The van der Waals surface area contributed by atoms with Crippen LogP contribution in [0.4, 0.5) is 5.82 Å². The average molecular weight is 233 g/mol. The van der Waals surface area contributed by atoms with Crippen molar-refractivity contribution in [2.75, 3.05) is 12.3 Å². The summed E-state index contributed by atoms with van der Waals surface area (Å²) in [5, 5.41) is 3.63. The molecule has 0 aliphatic carbocycles. The third kappa shape index (κ3) is 2.20. The van der Waals surface area contributed by atoms with Crippen molar-refractivity contribution in [3.63, 3.8) is 0 Å². The van der Waals surface area contributed by atoms with Gasteiger partial charge in [-0.25, -0.2) is 9.97 Å². The molecule has 0 spiro atoms. The maximum atomic E-state index is 10.8. The molecule has 0 bridgehead atoms. The SMILES string of the molecule is CC(=O)NCCn1cc(C)c2c(N)ncnc21. The summed E-state index contributed by atoms with van der Waals surface area (Å²) < 4.78 is 1.97. The molecule has 0 aliphatic rings. The smallest absolute Gasteiger partial charge is 0.216 e. The molecule has 90 valence electrons. The number of carbonyl (C=O) groups excluding carboxylic acids is 1. The quantitative estimate of drug-likeness (QED) is 0.806. The zero-order valence-electron chi connectivity index (χ0n) is 9.90. The van der Waals surface area contributed by atoms with Crippen molar-refractivity contribution in [2.24, 2.45) is 0 Å². The molecule has 0 unspecified atom stereocenters. The van der Waals surface area contributed by atoms with E-state index in [2.05, 4.69) is 15.3 Å². The maximum absolute atomic E-state index is 10.8. The van der Waals surface area contributed by atoms with E-state index >= 15 is 0 Å². The lowest BCUT2D eigenvalue weighted by atomic mass is 10.2. The van der Waals surface area contributed by atoms with Gasteiger partial charge in [-0.15, -0.1) is 0 Å². The van der Waals surface area contributed by atoms with Gasteiger partial charge >= 0.3 is 0 Å². The first-order chi connectivity index (χ1) is 8.09. The molecule has 2 aromatic heterocycles. The molecule has 2 heterocycles. The number of fused-ring (bicyclic) bond motifs is 1. The highest BCUT2D eigenvalue weighted by Crippen LogP contribution is 2.22. The summed E-state index contributed by atoms with van der Waals surface area (Å²) in [5.74, 6) is 0.457. The summed E-state index contributed by atoms with van der Waals surface area (Å²) in [6, 6.07) is 0. The largest absolute Gasteiger partial charge is 0.383 e. The minimum Gasteiger partial charge on any atom is -0.383 e. The van der Waals surface area contributed by atoms with Crippen LogP contribution in [0.25, 0.3) is 11.0 Å². The molecular weight excluding hydrogens is 218 g/mol. The number of nitrogens with one attached hydrogen (secondary N) is 1. The van der Waals surface area contributed by atoms with Crippen LogP contribution in [0.2, 0.25) is 0 Å². The molecule has 6 heteroatoms. The number of amides is 1. The van der Waals surface area contributed by atoms with Gasteiger partial charge in [0.1, 0.15) is 17.8 Å². The van der Waals surface area contributed by atoms with Gasteiger partial charge in [0.2, 0.25) is 5.91 Å². The van der Waals surface area contributed by atoms with Gasteiger partial charge in [0.15, 0.2) is 0 Å². The third-order valence-electron chi connectivity index (χ3n) is 2.60. The first-order valence-corrected chi connectivity index (χ1v) is 5.40. The molecule has 0 aromatic carbocycles. The molecule has 0 fully saturated rings. The van der Waals surface area contributed by atoms with Crippen molar-refractivity contribution in [2.45, 2.75) is 20.4 Å². The number of aryl methyl sites for hydroxylation is 1. The zero-order valence-corrected chi connectivity index (χ0v) is 9.90. The molecule has 0 aliphatic heterocycles. The van der Waals surface area contributed by atoms with Crippen molar-refractivity contribution in [1.29, 1.82) is 0 Å². The number of hydrogen-bond acceptors (Lipinski definition) is 4. The Bertz CT molecular complexity index is 560. The van der Waals surface area contributed by atoms with Gasteiger partial charge in [-0.3, -0.25) is 4.79 Å². The third-order valence-corrected chi connectivity index (χ3v) is 2.60. The summed E-state index contributed by atoms with van der Waals surface area (Å²) in [6.45, 7) is 4.71. The van der Waals surface area contributed by atoms with Crippen LogP contribution < -0.4 is 11.1 Å². The molecule has 6 nitrogen and oxygen atoms in total. The van der Waals surface area contributed by atoms with Gasteiger partial charge < -0.3 is 15.6 Å². The predicted molar refractivity (Wildman–Crippen MR) is 65.4 cm³/mol. The van der Waals surface area contributed by atoms with Crippen LogP contribution >= 0.6 is 0 Å². The van der Waals surface area contributed by atoms with Crippen molar-refractivity contribution >= 4 is 22.8 Å². The van der Waals surface area contributed by atoms with E-state index in [0.717, 1.165) is 16.6 Å². The van der Waals surface area contributed by atoms with Crippen LogP contribution in [-0.4, -0.2) is 27.0 Å². The van der Waals surface area contributed by atoms with Gasteiger partial charge in [-0.2, -0.15) is 0 Å². The molecule has 2 aromatic rings. The molecule has 1 amide bonds. The highest BCUT2D eigenvalue weighted by molar-refractivity contribution is 5.89. The number of nitrogens with zero attached hydrogens (tertiary/aromatic N) is 3. The molecule has 0 saturated heterocycles. The lowest BCUT2D eigenvalue weighted by Gasteiger charge is -2.05. The number of nitrogens with two attached hydrogens (primary N) is 1. The fourth-order valence-electron chi connectivity index (χ4n) is 1.87. The van der Waals surface area contributed by atoms with Gasteiger partial charge in [0.05, 0.1) is 5.39 Å². The van der Waals surface area contributed by atoms with E-state index in [4.69, 9.17) is 5.73 Å². The molecular formula is C11H15N5O. The predicted octanol–water partition coefficient (Wildman–Crippen LogP) is 0.458. The Balaban J connectivity index is 2.29. The summed E-state index contributed by atoms with van der Waals surface area (Å²) in [4.78, 5) is 19.0. The van der Waals surface area contributed by atoms with E-state index in [0.29, 0.717) is 18.9 Å². The van der Waals surface area contributed by atoms with Crippen LogP contribution in [0.5, 0.6) is 0 Å². The van der Waals surface area contributed by atoms with E-state index in [1.165, 1.54) is 13.3 Å². The Morgan fingerprint density at radius 2 is 2.29 bits per heavy atom. The molecule has 3 N–H and O–H groups in total. The lowest BCUT2D eigenvalue weighted by Crippen LogP contribution is -2.24. The number of carbonyl (C=O) groups is 1. The van der Waals surface area contributed by atoms with Crippen molar-refractivity contribution in [1.82, 2.24) is 19.9 Å². The van der Waals surface area contributed by atoms with Crippen molar-refractivity contribution in [3.05, 3.63) is 18.1 Å². The summed E-state index contributed by atoms with van der Waals surface area (Å²) >= 11 is 0. The fourth-order valence-corrected chi connectivity index (χ4v) is 1.87. The monoisotopic (exact) mass is 233 g/mol. The second-order valence-electron chi connectivity index (χ2n) is 3.95. The Labute approximate surface area is 98.8 Å². The van der Waals surface area contributed by atoms with E-state index < -0.39 is 0 Å². The molecule has 2 rings (SSSR count). The maximum Gasteiger partial charge on any atom is 0.216 e. The van der Waals surface area contributed by atoms with E-state index in [1.807, 2.05) is 17.7 Å². The topological polar surface area (TPSA) is 85.8 Å². The molecule has 17 heavy (non-hydrogen) atoms. The van der Waals surface area contributed by atoms with E-state index in [1.54, 1.807) is 0 Å². The minimum absolute atomic E-state index is 0.0349. The van der Waals surface area contributed by atoms with Crippen LogP contribution in [0.15, 0.2) is 12.5 Å². The highest BCUT2D eigenvalue weighted by atomic mass is 16.1. The number of anilines is 1. The second kappa shape index (κ2) is 4.40. The van der Waals surface area contributed by atoms with Gasteiger partial charge in [0, 0.05) is 26.2 Å². The molecule has 0 saturated carbocycles. The fraction of sp³-hybridized carbons (Fsp3) is 0.364. The Morgan fingerprint density at radius 3 is 3.00 bits per heavy atom. The van der Waals surface area contributed by atoms with Crippen molar-refractivity contribution in [3.8, 4) is 0 Å². The number of rotatable bonds is 3. The summed E-state index contributed by atoms with van der Waals surface area (Å²) in [7, 11) is 0. The number of aromatic nitrogens is 3. The van der Waals surface area contributed by atoms with Crippen molar-refractivity contribution < 1.29 is 4.79 Å². The van der Waals surface area contributed by atoms with Crippen LogP contribution in [0.3, 0.4) is 0 Å². The van der Waals surface area contributed by atoms with Crippen LogP contribution in [0.1, 0.15) is 12.5 Å². The molecule has 0 radical (unpaired) electrons. The van der Waals surface area contributed by atoms with Gasteiger partial charge in [-0.1, -0.05) is 0 Å². The van der Waals surface area contributed by atoms with E-state index in [-0.39, 0.29) is 5.91 Å². The number of nitrogen functional groups attached to an aromatic ring is 1. The normalized spacial score (nSPS) is 10.7. The minimum atomic E-state index is -0.0349. The average Bonchev–Trinajstić information content (AvgIpc) is 2.57. The Hall–Kier alpha value is -2.11. The highest BCUT2D eigenvalue weighted by Gasteiger charge is 2.09. The Morgan fingerprint density at radius 1 is 1.53 bits per heavy atom. The van der Waals surface area contributed by atoms with Gasteiger partial charge in [0.25, 0.3) is 0 Å². The summed E-state index contributed by atoms with van der Waals surface area (Å²) in [6.07, 6.45) is 3.42. The van der Waals surface area contributed by atoms with Gasteiger partial charge in [-0.05, 0) is 12.5 Å². The number of hydrogen-bond donors (Lipinski definition) is 2. The van der Waals surface area contributed by atoms with Crippen LogP contribution in [0, 0.1) is 6.92 Å². The lowest BCUT2D eigenvalue weighted by molar-refractivity contribution is -0.118. The zero-order chi connectivity index (χ0) is 12.4.